The van der Waals surface area contributed by atoms with Gasteiger partial charge in [-0.25, -0.2) is 9.97 Å². The summed E-state index contributed by atoms with van der Waals surface area (Å²) in [5, 5.41) is 5.92. The van der Waals surface area contributed by atoms with Crippen LogP contribution in [0.15, 0.2) is 30.7 Å². The van der Waals surface area contributed by atoms with E-state index < -0.39 is 0 Å². The van der Waals surface area contributed by atoms with Crippen molar-refractivity contribution < 1.29 is 4.79 Å². The summed E-state index contributed by atoms with van der Waals surface area (Å²) in [4.78, 5) is 20.2. The van der Waals surface area contributed by atoms with Crippen molar-refractivity contribution in [2.45, 2.75) is 26.3 Å². The second-order valence-corrected chi connectivity index (χ2v) is 4.85. The Kier molecular flexibility index (Phi) is 5.45. The highest BCUT2D eigenvalue weighted by atomic mass is 16.1. The zero-order chi connectivity index (χ0) is 15.1. The monoisotopic (exact) mass is 287 g/mol. The lowest BCUT2D eigenvalue weighted by atomic mass is 10.2. The normalized spacial score (nSPS) is 10.6. The molecule has 21 heavy (non-hydrogen) atoms. The molecular formula is C15H21N5O. The van der Waals surface area contributed by atoms with Crippen LogP contribution >= 0.6 is 0 Å². The molecule has 2 N–H and O–H groups in total. The number of carbonyl (C=O) groups excluding carboxylic acids is 1. The summed E-state index contributed by atoms with van der Waals surface area (Å²) in [5.74, 6) is 1.79. The van der Waals surface area contributed by atoms with Gasteiger partial charge in [0, 0.05) is 31.6 Å². The second-order valence-electron chi connectivity index (χ2n) is 4.85. The zero-order valence-electron chi connectivity index (χ0n) is 12.5. The van der Waals surface area contributed by atoms with Crippen LogP contribution in [0.1, 0.15) is 24.2 Å². The van der Waals surface area contributed by atoms with Crippen molar-refractivity contribution in [3.8, 4) is 5.82 Å². The van der Waals surface area contributed by atoms with E-state index in [9.17, 15) is 4.79 Å². The van der Waals surface area contributed by atoms with Crippen molar-refractivity contribution in [1.82, 2.24) is 25.2 Å². The molecule has 2 heterocycles. The maximum Gasteiger partial charge on any atom is 0.220 e. The molecule has 0 bridgehead atoms. The van der Waals surface area contributed by atoms with Crippen LogP contribution in [-0.2, 0) is 11.3 Å². The lowest BCUT2D eigenvalue weighted by Crippen LogP contribution is -2.23. The first-order valence-corrected chi connectivity index (χ1v) is 7.07. The predicted molar refractivity (Wildman–Crippen MR) is 81.1 cm³/mol. The SMILES string of the molecule is CNCCCC(=O)NCc1ccc(-n2ccnc2C)nc1. The van der Waals surface area contributed by atoms with Gasteiger partial charge in [0.1, 0.15) is 11.6 Å². The molecule has 0 aliphatic carbocycles. The Bertz CT molecular complexity index is 576. The van der Waals surface area contributed by atoms with Crippen LogP contribution in [0, 0.1) is 6.92 Å². The van der Waals surface area contributed by atoms with Gasteiger partial charge in [0.25, 0.3) is 0 Å². The highest BCUT2D eigenvalue weighted by Gasteiger charge is 2.03. The van der Waals surface area contributed by atoms with Gasteiger partial charge in [-0.05, 0) is 38.6 Å². The van der Waals surface area contributed by atoms with Crippen LogP contribution in [0.4, 0.5) is 0 Å². The molecule has 2 rings (SSSR count). The number of nitrogens with one attached hydrogen (secondary N) is 2. The molecule has 2 aromatic heterocycles. The first-order valence-electron chi connectivity index (χ1n) is 7.07. The Morgan fingerprint density at radius 2 is 2.19 bits per heavy atom. The fourth-order valence-corrected chi connectivity index (χ4v) is 2.00. The van der Waals surface area contributed by atoms with Gasteiger partial charge in [0.15, 0.2) is 0 Å². The molecule has 0 aliphatic heterocycles. The number of nitrogens with zero attached hydrogens (tertiary/aromatic N) is 3. The average molecular weight is 287 g/mol. The number of rotatable bonds is 7. The van der Waals surface area contributed by atoms with E-state index in [-0.39, 0.29) is 5.91 Å². The molecular weight excluding hydrogens is 266 g/mol. The fourth-order valence-electron chi connectivity index (χ4n) is 2.00. The molecule has 0 fully saturated rings. The van der Waals surface area contributed by atoms with Crippen molar-refractivity contribution in [2.75, 3.05) is 13.6 Å². The maximum atomic E-state index is 11.6. The smallest absolute Gasteiger partial charge is 0.220 e. The van der Waals surface area contributed by atoms with E-state index in [1.54, 1.807) is 12.4 Å². The van der Waals surface area contributed by atoms with E-state index in [2.05, 4.69) is 20.6 Å². The molecule has 0 aromatic carbocycles. The highest BCUT2D eigenvalue weighted by Crippen LogP contribution is 2.08. The molecule has 112 valence electrons. The van der Waals surface area contributed by atoms with Crippen molar-refractivity contribution in [2.24, 2.45) is 0 Å². The summed E-state index contributed by atoms with van der Waals surface area (Å²) in [7, 11) is 1.88. The molecule has 6 nitrogen and oxygen atoms in total. The molecule has 0 radical (unpaired) electrons. The lowest BCUT2D eigenvalue weighted by Gasteiger charge is -2.07. The third-order valence-electron chi connectivity index (χ3n) is 3.20. The highest BCUT2D eigenvalue weighted by molar-refractivity contribution is 5.75. The van der Waals surface area contributed by atoms with Gasteiger partial charge in [-0.2, -0.15) is 0 Å². The summed E-state index contributed by atoms with van der Waals surface area (Å²) in [6.45, 7) is 3.30. The third kappa shape index (κ3) is 4.39. The average Bonchev–Trinajstić information content (AvgIpc) is 2.92. The predicted octanol–water partition coefficient (Wildman–Crippen LogP) is 1.19. The Morgan fingerprint density at radius 1 is 1.33 bits per heavy atom. The number of hydrogen-bond acceptors (Lipinski definition) is 4. The van der Waals surface area contributed by atoms with Gasteiger partial charge in [-0.3, -0.25) is 9.36 Å². The number of aryl methyl sites for hydroxylation is 1. The molecule has 0 saturated carbocycles. The summed E-state index contributed by atoms with van der Waals surface area (Å²) in [5.41, 5.74) is 0.985. The topological polar surface area (TPSA) is 71.8 Å². The van der Waals surface area contributed by atoms with Gasteiger partial charge in [0.05, 0.1) is 0 Å². The minimum atomic E-state index is 0.0692. The van der Waals surface area contributed by atoms with Gasteiger partial charge in [-0.15, -0.1) is 0 Å². The van der Waals surface area contributed by atoms with Crippen molar-refractivity contribution >= 4 is 5.91 Å². The van der Waals surface area contributed by atoms with E-state index in [0.29, 0.717) is 13.0 Å². The standard InChI is InChI=1S/C15H21N5O/c1-12-17-8-9-20(12)14-6-5-13(10-18-14)11-19-15(21)4-3-7-16-2/h5-6,8-10,16H,3-4,7,11H2,1-2H3,(H,19,21). The van der Waals surface area contributed by atoms with E-state index >= 15 is 0 Å². The van der Waals surface area contributed by atoms with E-state index in [4.69, 9.17) is 0 Å². The minimum Gasteiger partial charge on any atom is -0.352 e. The molecule has 0 aliphatic rings. The maximum absolute atomic E-state index is 11.6. The number of carbonyl (C=O) groups is 1. The first kappa shape index (κ1) is 15.2. The summed E-state index contributed by atoms with van der Waals surface area (Å²) < 4.78 is 1.92. The molecule has 1 amide bonds. The van der Waals surface area contributed by atoms with E-state index in [0.717, 1.165) is 30.2 Å². The molecule has 0 atom stereocenters. The Balaban J connectivity index is 1.85. The van der Waals surface area contributed by atoms with Crippen LogP contribution in [-0.4, -0.2) is 34.0 Å². The van der Waals surface area contributed by atoms with Gasteiger partial charge >= 0.3 is 0 Å². The molecule has 0 spiro atoms. The minimum absolute atomic E-state index is 0.0692. The number of hydrogen-bond donors (Lipinski definition) is 2. The van der Waals surface area contributed by atoms with Crippen molar-refractivity contribution in [1.29, 1.82) is 0 Å². The van der Waals surface area contributed by atoms with Crippen LogP contribution in [0.5, 0.6) is 0 Å². The molecule has 6 heteroatoms. The van der Waals surface area contributed by atoms with Crippen molar-refractivity contribution in [3.05, 3.63) is 42.1 Å². The number of imidazole rings is 1. The lowest BCUT2D eigenvalue weighted by molar-refractivity contribution is -0.121. The first-order chi connectivity index (χ1) is 10.2. The van der Waals surface area contributed by atoms with Gasteiger partial charge < -0.3 is 10.6 Å². The third-order valence-corrected chi connectivity index (χ3v) is 3.20. The Morgan fingerprint density at radius 3 is 2.81 bits per heavy atom. The fraction of sp³-hybridized carbons (Fsp3) is 0.400. The van der Waals surface area contributed by atoms with Crippen LogP contribution in [0.25, 0.3) is 5.82 Å². The molecule has 2 aromatic rings. The largest absolute Gasteiger partial charge is 0.352 e. The number of pyridine rings is 1. The van der Waals surface area contributed by atoms with Crippen molar-refractivity contribution in [3.63, 3.8) is 0 Å². The summed E-state index contributed by atoms with van der Waals surface area (Å²) in [6.07, 6.45) is 6.79. The Labute approximate surface area is 124 Å². The Hall–Kier alpha value is -2.21. The van der Waals surface area contributed by atoms with E-state index in [1.807, 2.05) is 36.9 Å². The zero-order valence-corrected chi connectivity index (χ0v) is 12.5. The summed E-state index contributed by atoms with van der Waals surface area (Å²) >= 11 is 0. The number of amides is 1. The van der Waals surface area contributed by atoms with Crippen LogP contribution in [0.2, 0.25) is 0 Å². The molecule has 0 saturated heterocycles. The van der Waals surface area contributed by atoms with Gasteiger partial charge in [-0.1, -0.05) is 6.07 Å². The van der Waals surface area contributed by atoms with E-state index in [1.165, 1.54) is 0 Å². The second kappa shape index (κ2) is 7.54. The van der Waals surface area contributed by atoms with Crippen LogP contribution in [0.3, 0.4) is 0 Å². The quantitative estimate of drug-likeness (QED) is 0.750. The summed E-state index contributed by atoms with van der Waals surface area (Å²) in [6, 6.07) is 3.90. The molecule has 0 unspecified atom stereocenters. The van der Waals surface area contributed by atoms with Crippen LogP contribution < -0.4 is 10.6 Å². The van der Waals surface area contributed by atoms with Gasteiger partial charge in [0.2, 0.25) is 5.91 Å². The number of aromatic nitrogens is 3.